The number of aromatic nitrogens is 2. The Hall–Kier alpha value is -4.13. The summed E-state index contributed by atoms with van der Waals surface area (Å²) in [5.74, 6) is 0. The number of carbonyl (C=O) groups excluding carboxylic acids is 2. The van der Waals surface area contributed by atoms with Crippen LogP contribution in [-0.4, -0.2) is 21.8 Å². The van der Waals surface area contributed by atoms with Crippen LogP contribution in [0.3, 0.4) is 0 Å². The first-order valence-electron chi connectivity index (χ1n) is 8.66. The van der Waals surface area contributed by atoms with E-state index in [2.05, 4.69) is 21.0 Å². The van der Waals surface area contributed by atoms with Gasteiger partial charge in [-0.2, -0.15) is 9.78 Å². The fraction of sp³-hybridized carbons (Fsp3) is 0. The number of para-hydroxylation sites is 2. The Bertz CT molecular complexity index is 1120. The number of nitrogens with one attached hydrogen (secondary N) is 3. The molecule has 0 aliphatic heterocycles. The highest BCUT2D eigenvalue weighted by molar-refractivity contribution is 6.02. The van der Waals surface area contributed by atoms with Crippen molar-refractivity contribution in [3.63, 3.8) is 0 Å². The van der Waals surface area contributed by atoms with Crippen molar-refractivity contribution in [2.45, 2.75) is 0 Å². The number of amides is 3. The highest BCUT2D eigenvalue weighted by Gasteiger charge is 2.12. The molecule has 7 heteroatoms. The third-order valence-corrected chi connectivity index (χ3v) is 4.08. The minimum absolute atomic E-state index is 0.370. The molecule has 0 unspecified atom stereocenters. The Balaban J connectivity index is 1.52. The molecular weight excluding hydrogens is 354 g/mol. The normalized spacial score (nSPS) is 10.4. The minimum atomic E-state index is -0.382. The van der Waals surface area contributed by atoms with Crippen molar-refractivity contribution in [2.75, 3.05) is 16.0 Å². The second-order valence-corrected chi connectivity index (χ2v) is 6.07. The van der Waals surface area contributed by atoms with Crippen molar-refractivity contribution < 1.29 is 9.59 Å². The van der Waals surface area contributed by atoms with Crippen molar-refractivity contribution in [1.29, 1.82) is 0 Å². The second-order valence-electron chi connectivity index (χ2n) is 6.07. The van der Waals surface area contributed by atoms with Gasteiger partial charge in [-0.15, -0.1) is 0 Å². The van der Waals surface area contributed by atoms with Crippen LogP contribution in [0.1, 0.15) is 0 Å². The summed E-state index contributed by atoms with van der Waals surface area (Å²) in [6, 6.07) is 22.8. The van der Waals surface area contributed by atoms with E-state index in [1.165, 1.54) is 4.68 Å². The zero-order chi connectivity index (χ0) is 19.3. The Morgan fingerprint density at radius 2 is 1.32 bits per heavy atom. The van der Waals surface area contributed by atoms with Gasteiger partial charge in [-0.25, -0.2) is 9.59 Å². The summed E-state index contributed by atoms with van der Waals surface area (Å²) in [5, 5.41) is 13.3. The van der Waals surface area contributed by atoms with E-state index in [9.17, 15) is 9.59 Å². The molecule has 0 fully saturated rings. The van der Waals surface area contributed by atoms with E-state index in [0.717, 1.165) is 5.39 Å². The third-order valence-electron chi connectivity index (χ3n) is 4.08. The molecule has 3 aromatic carbocycles. The molecule has 0 atom stereocenters. The largest absolute Gasteiger partial charge is 0.347 e. The van der Waals surface area contributed by atoms with E-state index in [1.807, 2.05) is 36.4 Å². The number of hydrogen-bond acceptors (Lipinski definition) is 3. The maximum absolute atomic E-state index is 12.6. The van der Waals surface area contributed by atoms with E-state index in [-0.39, 0.29) is 12.1 Å². The molecule has 28 heavy (non-hydrogen) atoms. The van der Waals surface area contributed by atoms with Gasteiger partial charge in [-0.1, -0.05) is 36.4 Å². The summed E-state index contributed by atoms with van der Waals surface area (Å²) in [6.45, 7) is 0. The topological polar surface area (TPSA) is 88.1 Å². The summed E-state index contributed by atoms with van der Waals surface area (Å²) in [5.41, 5.74) is 2.50. The predicted octanol–water partition coefficient (Wildman–Crippen LogP) is 4.76. The summed E-state index contributed by atoms with van der Waals surface area (Å²) >= 11 is 0. The lowest BCUT2D eigenvalue weighted by Gasteiger charge is -2.09. The molecule has 1 heterocycles. The highest BCUT2D eigenvalue weighted by Crippen LogP contribution is 2.20. The van der Waals surface area contributed by atoms with Gasteiger partial charge in [0.1, 0.15) is 0 Å². The van der Waals surface area contributed by atoms with Crippen LogP contribution in [-0.2, 0) is 0 Å². The molecule has 1 aromatic heterocycles. The molecule has 0 saturated carbocycles. The fourth-order valence-corrected chi connectivity index (χ4v) is 2.77. The lowest BCUT2D eigenvalue weighted by molar-refractivity contribution is 0.251. The minimum Gasteiger partial charge on any atom is -0.308 e. The Morgan fingerprint density at radius 3 is 2.00 bits per heavy atom. The molecule has 3 N–H and O–H groups in total. The van der Waals surface area contributed by atoms with Gasteiger partial charge in [0.25, 0.3) is 0 Å². The second kappa shape index (κ2) is 7.63. The number of hydrogen-bond donors (Lipinski definition) is 3. The molecule has 0 aliphatic rings. The molecule has 0 saturated heterocycles. The monoisotopic (exact) mass is 371 g/mol. The van der Waals surface area contributed by atoms with Crippen LogP contribution in [0.2, 0.25) is 0 Å². The van der Waals surface area contributed by atoms with Crippen molar-refractivity contribution in [3.8, 4) is 0 Å². The van der Waals surface area contributed by atoms with E-state index in [1.54, 1.807) is 48.7 Å². The van der Waals surface area contributed by atoms with Gasteiger partial charge in [0.2, 0.25) is 0 Å². The van der Waals surface area contributed by atoms with Gasteiger partial charge in [0.15, 0.2) is 0 Å². The molecule has 4 aromatic rings. The molecule has 4 rings (SSSR count). The summed E-state index contributed by atoms with van der Waals surface area (Å²) in [6.07, 6.45) is 1.60. The zero-order valence-corrected chi connectivity index (χ0v) is 14.8. The van der Waals surface area contributed by atoms with Crippen LogP contribution in [0.5, 0.6) is 0 Å². The standard InChI is InChI=1S/C21H17N5O2/c27-20(23-16-7-3-1-4-8-16)24-18-12-11-15-14-22-26(19(15)13-18)21(28)25-17-9-5-2-6-10-17/h1-14H,(H,25,28)(H2,23,24,27). The molecule has 0 spiro atoms. The van der Waals surface area contributed by atoms with Gasteiger partial charge in [-0.05, 0) is 42.5 Å². The molecule has 138 valence electrons. The lowest BCUT2D eigenvalue weighted by atomic mass is 10.2. The van der Waals surface area contributed by atoms with E-state index >= 15 is 0 Å². The van der Waals surface area contributed by atoms with Crippen LogP contribution >= 0.6 is 0 Å². The number of benzene rings is 3. The van der Waals surface area contributed by atoms with Crippen LogP contribution in [0.4, 0.5) is 26.7 Å². The van der Waals surface area contributed by atoms with Crippen LogP contribution in [0.15, 0.2) is 85.1 Å². The van der Waals surface area contributed by atoms with Crippen LogP contribution in [0, 0.1) is 0 Å². The predicted molar refractivity (Wildman–Crippen MR) is 110 cm³/mol. The number of fused-ring (bicyclic) bond motifs is 1. The SMILES string of the molecule is O=C(Nc1ccccc1)Nc1ccc2cnn(C(=O)Nc3ccccc3)c2c1. The smallest absolute Gasteiger partial charge is 0.308 e. The zero-order valence-electron chi connectivity index (χ0n) is 14.8. The average Bonchev–Trinajstić information content (AvgIpc) is 3.13. The van der Waals surface area contributed by atoms with Crippen molar-refractivity contribution in [2.24, 2.45) is 0 Å². The van der Waals surface area contributed by atoms with Gasteiger partial charge in [0.05, 0.1) is 11.7 Å². The Morgan fingerprint density at radius 1 is 0.714 bits per heavy atom. The van der Waals surface area contributed by atoms with Gasteiger partial charge < -0.3 is 16.0 Å². The molecule has 0 aliphatic carbocycles. The van der Waals surface area contributed by atoms with Gasteiger partial charge >= 0.3 is 12.1 Å². The summed E-state index contributed by atoms with van der Waals surface area (Å²) in [4.78, 5) is 24.7. The molecule has 0 bridgehead atoms. The summed E-state index contributed by atoms with van der Waals surface area (Å²) < 4.78 is 1.27. The quantitative estimate of drug-likeness (QED) is 0.485. The van der Waals surface area contributed by atoms with Crippen molar-refractivity contribution >= 4 is 40.0 Å². The van der Waals surface area contributed by atoms with Crippen molar-refractivity contribution in [1.82, 2.24) is 9.78 Å². The van der Waals surface area contributed by atoms with Gasteiger partial charge in [-0.3, -0.25) is 0 Å². The molecule has 0 radical (unpaired) electrons. The van der Waals surface area contributed by atoms with Gasteiger partial charge in [0, 0.05) is 22.4 Å². The highest BCUT2D eigenvalue weighted by atomic mass is 16.2. The molecule has 7 nitrogen and oxygen atoms in total. The summed E-state index contributed by atoms with van der Waals surface area (Å²) in [7, 11) is 0. The third kappa shape index (κ3) is 3.83. The Kier molecular flexibility index (Phi) is 4.71. The number of anilines is 3. The molecular formula is C21H17N5O2. The fourth-order valence-electron chi connectivity index (χ4n) is 2.77. The first kappa shape index (κ1) is 17.3. The van der Waals surface area contributed by atoms with E-state index < -0.39 is 0 Å². The van der Waals surface area contributed by atoms with E-state index in [0.29, 0.717) is 22.6 Å². The first-order chi connectivity index (χ1) is 13.7. The Labute approximate surface area is 161 Å². The van der Waals surface area contributed by atoms with Crippen LogP contribution in [0.25, 0.3) is 10.9 Å². The maximum Gasteiger partial charge on any atom is 0.347 e. The average molecular weight is 371 g/mol. The number of rotatable bonds is 3. The first-order valence-corrected chi connectivity index (χ1v) is 8.66. The van der Waals surface area contributed by atoms with Crippen LogP contribution < -0.4 is 16.0 Å². The number of urea groups is 1. The van der Waals surface area contributed by atoms with E-state index in [4.69, 9.17) is 0 Å². The molecule has 3 amide bonds. The maximum atomic E-state index is 12.6. The lowest BCUT2D eigenvalue weighted by Crippen LogP contribution is -2.21. The number of nitrogens with zero attached hydrogens (tertiary/aromatic N) is 2. The number of carbonyl (C=O) groups is 2. The van der Waals surface area contributed by atoms with Crippen molar-refractivity contribution in [3.05, 3.63) is 85.1 Å².